The van der Waals surface area contributed by atoms with E-state index in [1.807, 2.05) is 30.3 Å². The smallest absolute Gasteiger partial charge is 0.330 e. The van der Waals surface area contributed by atoms with Gasteiger partial charge in [0.1, 0.15) is 16.8 Å². The summed E-state index contributed by atoms with van der Waals surface area (Å²) in [6, 6.07) is 14.7. The van der Waals surface area contributed by atoms with Crippen molar-refractivity contribution in [1.29, 1.82) is 5.26 Å². The van der Waals surface area contributed by atoms with Gasteiger partial charge in [-0.2, -0.15) is 5.26 Å². The Morgan fingerprint density at radius 3 is 2.66 bits per heavy atom. The molecule has 0 saturated carbocycles. The third-order valence-electron chi connectivity index (χ3n) is 5.55. The lowest BCUT2D eigenvalue weighted by molar-refractivity contribution is -0.152. The van der Waals surface area contributed by atoms with Gasteiger partial charge in [-0.25, -0.2) is 4.98 Å². The second-order valence-electron chi connectivity index (χ2n) is 7.66. The number of carbonyl (C=O) groups is 2. The van der Waals surface area contributed by atoms with Crippen LogP contribution in [0.4, 0.5) is 0 Å². The van der Waals surface area contributed by atoms with Gasteiger partial charge in [-0.1, -0.05) is 36.7 Å². The molecule has 0 N–H and O–H groups in total. The van der Waals surface area contributed by atoms with Crippen LogP contribution < -0.4 is 4.74 Å². The average Bonchev–Trinajstić information content (AvgIpc) is 3.27. The van der Waals surface area contributed by atoms with Gasteiger partial charge in [0.2, 0.25) is 5.78 Å². The van der Waals surface area contributed by atoms with Gasteiger partial charge in [-0.05, 0) is 43.5 Å². The van der Waals surface area contributed by atoms with Crippen molar-refractivity contribution in [1.82, 2.24) is 9.88 Å². The van der Waals surface area contributed by atoms with Crippen molar-refractivity contribution < 1.29 is 14.3 Å². The number of likely N-dealkylation sites (tertiary alicyclic amines) is 1. The zero-order valence-electron chi connectivity index (χ0n) is 17.6. The number of amides is 1. The van der Waals surface area contributed by atoms with Crippen LogP contribution in [0.3, 0.4) is 0 Å². The molecule has 6 nitrogen and oxygen atoms in total. The van der Waals surface area contributed by atoms with E-state index in [1.54, 1.807) is 30.0 Å². The molecular formula is C24H22ClN3O3S. The van der Waals surface area contributed by atoms with Crippen LogP contribution in [0, 0.1) is 11.3 Å². The van der Waals surface area contributed by atoms with E-state index < -0.39 is 17.3 Å². The van der Waals surface area contributed by atoms with Gasteiger partial charge in [-0.3, -0.25) is 9.59 Å². The number of halogens is 1. The Morgan fingerprint density at radius 2 is 1.97 bits per heavy atom. The molecule has 0 spiro atoms. The summed E-state index contributed by atoms with van der Waals surface area (Å²) in [7, 11) is 0. The van der Waals surface area contributed by atoms with Crippen molar-refractivity contribution in [2.45, 2.75) is 38.2 Å². The number of carbonyl (C=O) groups excluding carboxylic acids is 2. The molecule has 4 rings (SSSR count). The number of nitriles is 1. The van der Waals surface area contributed by atoms with Gasteiger partial charge in [-0.15, -0.1) is 11.3 Å². The van der Waals surface area contributed by atoms with Crippen molar-refractivity contribution in [3.05, 3.63) is 47.5 Å². The Morgan fingerprint density at radius 1 is 1.22 bits per heavy atom. The van der Waals surface area contributed by atoms with Gasteiger partial charge in [0, 0.05) is 25.1 Å². The fourth-order valence-electron chi connectivity index (χ4n) is 3.80. The normalized spacial score (nSPS) is 15.7. The molecule has 1 saturated heterocycles. The first-order valence-electron chi connectivity index (χ1n) is 10.6. The average molecular weight is 468 g/mol. The zero-order chi connectivity index (χ0) is 22.7. The number of aromatic nitrogens is 1. The number of para-hydroxylation sites is 1. The van der Waals surface area contributed by atoms with Crippen LogP contribution in [0.15, 0.2) is 42.5 Å². The quantitative estimate of drug-likeness (QED) is 0.462. The highest BCUT2D eigenvalue weighted by atomic mass is 35.5. The molecule has 1 unspecified atom stereocenters. The molecule has 1 aliphatic rings. The predicted molar refractivity (Wildman–Crippen MR) is 125 cm³/mol. The van der Waals surface area contributed by atoms with E-state index in [9.17, 15) is 14.9 Å². The van der Waals surface area contributed by atoms with Gasteiger partial charge < -0.3 is 9.64 Å². The van der Waals surface area contributed by atoms with E-state index in [-0.39, 0.29) is 17.2 Å². The van der Waals surface area contributed by atoms with Crippen molar-refractivity contribution in [2.75, 3.05) is 13.1 Å². The number of ketones is 1. The number of hydrogen-bond acceptors (Lipinski definition) is 6. The molecule has 3 aromatic rings. The van der Waals surface area contributed by atoms with E-state index in [4.69, 9.17) is 16.3 Å². The fraction of sp³-hybridized carbons (Fsp3) is 0.333. The summed E-state index contributed by atoms with van der Waals surface area (Å²) in [5, 5.41) is 11.0. The van der Waals surface area contributed by atoms with Crippen LogP contribution in [0.1, 0.15) is 32.6 Å². The summed E-state index contributed by atoms with van der Waals surface area (Å²) in [5.74, 6) is -1.10. The molecule has 1 atom stereocenters. The fourth-order valence-corrected chi connectivity index (χ4v) is 4.91. The standard InChI is InChI=1S/C24H22ClN3O3S/c1-2-21(29)24(15-26,23(30)28-12-6-3-7-13-28)31-19-14-16(10-11-17(19)25)22-27-18-8-4-5-9-20(18)32-22/h4-5,8-11,14H,2-3,6-7,12-13H2,1H3. The van der Waals surface area contributed by atoms with Crippen LogP contribution >= 0.6 is 22.9 Å². The van der Waals surface area contributed by atoms with Crippen molar-refractivity contribution >= 4 is 44.8 Å². The number of fused-ring (bicyclic) bond motifs is 1. The maximum Gasteiger partial charge on any atom is 0.330 e. The number of piperidine rings is 1. The van der Waals surface area contributed by atoms with E-state index in [1.165, 1.54) is 11.3 Å². The van der Waals surface area contributed by atoms with E-state index in [0.717, 1.165) is 40.1 Å². The lowest BCUT2D eigenvalue weighted by Gasteiger charge is -2.34. The van der Waals surface area contributed by atoms with Crippen LogP contribution in [-0.2, 0) is 9.59 Å². The Balaban J connectivity index is 1.73. The minimum Gasteiger partial charge on any atom is -0.455 e. The molecule has 1 aliphatic heterocycles. The third kappa shape index (κ3) is 4.08. The maximum atomic E-state index is 13.3. The number of rotatable bonds is 6. The molecule has 8 heteroatoms. The zero-order valence-corrected chi connectivity index (χ0v) is 19.2. The summed E-state index contributed by atoms with van der Waals surface area (Å²) in [5.41, 5.74) is -0.661. The Bertz CT molecular complexity index is 1180. The molecule has 164 valence electrons. The summed E-state index contributed by atoms with van der Waals surface area (Å²) in [6.45, 7) is 2.62. The highest BCUT2D eigenvalue weighted by Gasteiger charge is 2.51. The molecule has 2 aromatic carbocycles. The van der Waals surface area contributed by atoms with Gasteiger partial charge in [0.05, 0.1) is 15.2 Å². The molecule has 0 aliphatic carbocycles. The highest BCUT2D eigenvalue weighted by Crippen LogP contribution is 2.37. The van der Waals surface area contributed by atoms with E-state index >= 15 is 0 Å². The lowest BCUT2D eigenvalue weighted by atomic mass is 9.94. The molecule has 0 bridgehead atoms. The number of ether oxygens (including phenoxy) is 1. The molecule has 1 fully saturated rings. The summed E-state index contributed by atoms with van der Waals surface area (Å²) in [6.07, 6.45) is 2.67. The second kappa shape index (κ2) is 9.27. The first kappa shape index (κ1) is 22.3. The first-order valence-corrected chi connectivity index (χ1v) is 11.8. The molecule has 1 amide bonds. The van der Waals surface area contributed by atoms with Gasteiger partial charge >= 0.3 is 5.60 Å². The summed E-state index contributed by atoms with van der Waals surface area (Å²) >= 11 is 7.89. The summed E-state index contributed by atoms with van der Waals surface area (Å²) in [4.78, 5) is 32.4. The highest BCUT2D eigenvalue weighted by molar-refractivity contribution is 7.21. The van der Waals surface area contributed by atoms with Crippen molar-refractivity contribution in [2.24, 2.45) is 0 Å². The van der Waals surface area contributed by atoms with Gasteiger partial charge in [0.15, 0.2) is 0 Å². The van der Waals surface area contributed by atoms with Gasteiger partial charge in [0.25, 0.3) is 5.91 Å². The van der Waals surface area contributed by atoms with Crippen LogP contribution in [-0.4, -0.2) is 40.3 Å². The SMILES string of the molecule is CCC(=O)C(C#N)(Oc1cc(-c2nc3ccccc3s2)ccc1Cl)C(=O)N1CCCCC1. The first-order chi connectivity index (χ1) is 15.5. The van der Waals surface area contributed by atoms with Crippen LogP contribution in [0.5, 0.6) is 5.75 Å². The predicted octanol–water partition coefficient (Wildman–Crippen LogP) is 5.25. The largest absolute Gasteiger partial charge is 0.455 e. The molecule has 2 heterocycles. The Hall–Kier alpha value is -2.95. The maximum absolute atomic E-state index is 13.3. The number of benzene rings is 2. The Kier molecular flexibility index (Phi) is 6.45. The summed E-state index contributed by atoms with van der Waals surface area (Å²) < 4.78 is 6.96. The third-order valence-corrected chi connectivity index (χ3v) is 6.95. The molecular weight excluding hydrogens is 446 g/mol. The number of nitrogens with zero attached hydrogens (tertiary/aromatic N) is 3. The molecule has 1 aromatic heterocycles. The number of thiazole rings is 1. The Labute approximate surface area is 195 Å². The monoisotopic (exact) mass is 467 g/mol. The van der Waals surface area contributed by atoms with Crippen molar-refractivity contribution in [3.8, 4) is 22.4 Å². The minimum atomic E-state index is -2.26. The topological polar surface area (TPSA) is 83.3 Å². The van der Waals surface area contributed by atoms with E-state index in [2.05, 4.69) is 4.98 Å². The number of Topliss-reactive ketones (excluding diaryl/α,β-unsaturated/α-hetero) is 1. The molecule has 32 heavy (non-hydrogen) atoms. The van der Waals surface area contributed by atoms with E-state index in [0.29, 0.717) is 13.1 Å². The lowest BCUT2D eigenvalue weighted by Crippen LogP contribution is -2.58. The van der Waals surface area contributed by atoms with Crippen molar-refractivity contribution in [3.63, 3.8) is 0 Å². The minimum absolute atomic E-state index is 0.0116. The number of hydrogen-bond donors (Lipinski definition) is 0. The molecule has 0 radical (unpaired) electrons. The van der Waals surface area contributed by atoms with Crippen LogP contribution in [0.2, 0.25) is 5.02 Å². The van der Waals surface area contributed by atoms with Crippen LogP contribution in [0.25, 0.3) is 20.8 Å². The second-order valence-corrected chi connectivity index (χ2v) is 9.09.